The van der Waals surface area contributed by atoms with Gasteiger partial charge >= 0.3 is 0 Å². The van der Waals surface area contributed by atoms with Crippen molar-refractivity contribution in [1.82, 2.24) is 20.4 Å². The minimum absolute atomic E-state index is 0.00501. The molecule has 2 amide bonds. The highest BCUT2D eigenvalue weighted by molar-refractivity contribution is 7.80. The van der Waals surface area contributed by atoms with Crippen LogP contribution in [0.5, 0.6) is 0 Å². The molecule has 2 heterocycles. The molecule has 0 atom stereocenters. The van der Waals surface area contributed by atoms with Crippen LogP contribution in [0, 0.1) is 0 Å². The second-order valence-corrected chi connectivity index (χ2v) is 6.28. The summed E-state index contributed by atoms with van der Waals surface area (Å²) in [6.07, 6.45) is 3.32. The number of carbonyl (C=O) groups excluding carboxylic acids is 2. The van der Waals surface area contributed by atoms with E-state index in [0.29, 0.717) is 11.3 Å². The van der Waals surface area contributed by atoms with Gasteiger partial charge < -0.3 is 0 Å². The summed E-state index contributed by atoms with van der Waals surface area (Å²) < 4.78 is 1.72. The Hall–Kier alpha value is -3.58. The maximum Gasteiger partial charge on any atom is 0.263 e. The van der Waals surface area contributed by atoms with Crippen molar-refractivity contribution in [3.05, 3.63) is 78.0 Å². The first kappa shape index (κ1) is 16.9. The predicted octanol–water partition coefficient (Wildman–Crippen LogP) is 2.45. The molecule has 0 unspecified atom stereocenters. The summed E-state index contributed by atoms with van der Waals surface area (Å²) in [7, 11) is 0. The summed E-state index contributed by atoms with van der Waals surface area (Å²) in [5.41, 5.74) is 3.05. The normalized spacial score (nSPS) is 13.9. The van der Waals surface area contributed by atoms with Crippen molar-refractivity contribution in [3.8, 4) is 16.9 Å². The molecule has 0 radical (unpaired) electrons. The number of nitrogens with one attached hydrogen (secondary N) is 2. The number of hydrogen-bond donors (Lipinski definition) is 2. The highest BCUT2D eigenvalue weighted by atomic mass is 32.1. The molecule has 1 saturated heterocycles. The van der Waals surface area contributed by atoms with Crippen LogP contribution in [0.3, 0.4) is 0 Å². The zero-order valence-corrected chi connectivity index (χ0v) is 14.9. The fourth-order valence-corrected chi connectivity index (χ4v) is 2.97. The molecule has 0 spiro atoms. The fraction of sp³-hybridized carbons (Fsp3) is 0. The quantitative estimate of drug-likeness (QED) is 0.419. The lowest BCUT2D eigenvalue weighted by Crippen LogP contribution is -2.51. The lowest BCUT2D eigenvalue weighted by atomic mass is 10.0. The minimum atomic E-state index is -0.532. The van der Waals surface area contributed by atoms with Gasteiger partial charge in [0.15, 0.2) is 5.11 Å². The van der Waals surface area contributed by atoms with Gasteiger partial charge in [-0.2, -0.15) is 5.10 Å². The van der Waals surface area contributed by atoms with Gasteiger partial charge in [-0.3, -0.25) is 20.2 Å². The number of para-hydroxylation sites is 1. The van der Waals surface area contributed by atoms with Crippen molar-refractivity contribution in [2.24, 2.45) is 0 Å². The van der Waals surface area contributed by atoms with Gasteiger partial charge in [0.05, 0.1) is 11.4 Å². The van der Waals surface area contributed by atoms with E-state index in [-0.39, 0.29) is 10.7 Å². The Morgan fingerprint density at radius 1 is 0.889 bits per heavy atom. The standard InChI is InChI=1S/C20H14N4O2S/c25-18-16(19(26)22-20(27)21-18)11-14-12-24(15-9-5-2-6-10-15)23-17(14)13-7-3-1-4-8-13/h1-12H,(H2,21,22,25,26,27). The number of amides is 2. The van der Waals surface area contributed by atoms with E-state index < -0.39 is 11.8 Å². The molecule has 6 nitrogen and oxygen atoms in total. The van der Waals surface area contributed by atoms with Gasteiger partial charge in [-0.25, -0.2) is 4.68 Å². The van der Waals surface area contributed by atoms with E-state index in [4.69, 9.17) is 12.2 Å². The second-order valence-electron chi connectivity index (χ2n) is 5.87. The largest absolute Gasteiger partial charge is 0.299 e. The van der Waals surface area contributed by atoms with Crippen molar-refractivity contribution in [3.63, 3.8) is 0 Å². The lowest BCUT2D eigenvalue weighted by molar-refractivity contribution is -0.123. The Balaban J connectivity index is 1.85. The third kappa shape index (κ3) is 3.40. The molecule has 1 aromatic heterocycles. The number of aromatic nitrogens is 2. The van der Waals surface area contributed by atoms with Gasteiger partial charge in [0.2, 0.25) is 0 Å². The average molecular weight is 374 g/mol. The molecular formula is C20H14N4O2S. The number of carbonyl (C=O) groups is 2. The van der Waals surface area contributed by atoms with Crippen molar-refractivity contribution >= 4 is 35.2 Å². The van der Waals surface area contributed by atoms with Crippen LogP contribution in [0.15, 0.2) is 72.4 Å². The Bertz CT molecular complexity index is 1050. The summed E-state index contributed by atoms with van der Waals surface area (Å²) >= 11 is 4.84. The summed E-state index contributed by atoms with van der Waals surface area (Å²) in [6.45, 7) is 0. The molecule has 27 heavy (non-hydrogen) atoms. The van der Waals surface area contributed by atoms with E-state index in [9.17, 15) is 9.59 Å². The smallest absolute Gasteiger partial charge is 0.263 e. The third-order valence-electron chi connectivity index (χ3n) is 4.05. The number of benzene rings is 2. The Kier molecular flexibility index (Phi) is 4.35. The van der Waals surface area contributed by atoms with E-state index in [1.807, 2.05) is 60.7 Å². The van der Waals surface area contributed by atoms with Gasteiger partial charge in [-0.1, -0.05) is 48.5 Å². The van der Waals surface area contributed by atoms with Gasteiger partial charge in [0.25, 0.3) is 11.8 Å². The number of hydrogen-bond acceptors (Lipinski definition) is 4. The van der Waals surface area contributed by atoms with Crippen LogP contribution in [0.4, 0.5) is 0 Å². The van der Waals surface area contributed by atoms with Crippen LogP contribution < -0.4 is 10.6 Å². The highest BCUT2D eigenvalue weighted by Gasteiger charge is 2.26. The van der Waals surface area contributed by atoms with Crippen LogP contribution >= 0.6 is 12.2 Å². The summed E-state index contributed by atoms with van der Waals surface area (Å²) in [5.74, 6) is -1.06. The minimum Gasteiger partial charge on any atom is -0.299 e. The van der Waals surface area contributed by atoms with Crippen LogP contribution in [-0.2, 0) is 9.59 Å². The maximum absolute atomic E-state index is 12.2. The van der Waals surface area contributed by atoms with E-state index >= 15 is 0 Å². The summed E-state index contributed by atoms with van der Waals surface area (Å²) in [4.78, 5) is 24.4. The van der Waals surface area contributed by atoms with E-state index in [2.05, 4.69) is 15.7 Å². The molecule has 2 aromatic carbocycles. The summed E-state index contributed by atoms with van der Waals surface area (Å²) in [5, 5.41) is 9.55. The topological polar surface area (TPSA) is 76.0 Å². The average Bonchev–Trinajstić information content (AvgIpc) is 3.10. The van der Waals surface area contributed by atoms with Crippen LogP contribution in [0.25, 0.3) is 23.0 Å². The molecule has 1 aliphatic heterocycles. The van der Waals surface area contributed by atoms with Crippen molar-refractivity contribution in [2.75, 3.05) is 0 Å². The molecule has 1 aliphatic rings. The first-order valence-electron chi connectivity index (χ1n) is 8.21. The van der Waals surface area contributed by atoms with Gasteiger partial charge in [0, 0.05) is 17.3 Å². The Labute approximate surface area is 160 Å². The van der Waals surface area contributed by atoms with E-state index in [0.717, 1.165) is 11.3 Å². The SMILES string of the molecule is O=C1NC(=S)NC(=O)C1=Cc1cn(-c2ccccc2)nc1-c1ccccc1. The molecule has 0 saturated carbocycles. The first-order valence-corrected chi connectivity index (χ1v) is 8.61. The van der Waals surface area contributed by atoms with Crippen molar-refractivity contribution in [2.45, 2.75) is 0 Å². The Morgan fingerprint density at radius 3 is 2.11 bits per heavy atom. The molecule has 0 aliphatic carbocycles. The number of thiocarbonyl (C=S) groups is 1. The van der Waals surface area contributed by atoms with E-state index in [1.165, 1.54) is 6.08 Å². The lowest BCUT2D eigenvalue weighted by Gasteiger charge is -2.16. The van der Waals surface area contributed by atoms with Crippen LogP contribution in [0.2, 0.25) is 0 Å². The first-order chi connectivity index (χ1) is 13.1. The van der Waals surface area contributed by atoms with Crippen molar-refractivity contribution < 1.29 is 9.59 Å². The maximum atomic E-state index is 12.2. The number of rotatable bonds is 3. The van der Waals surface area contributed by atoms with Gasteiger partial charge in [-0.15, -0.1) is 0 Å². The molecule has 1 fully saturated rings. The third-order valence-corrected chi connectivity index (χ3v) is 4.26. The highest BCUT2D eigenvalue weighted by Crippen LogP contribution is 2.26. The predicted molar refractivity (Wildman–Crippen MR) is 106 cm³/mol. The monoisotopic (exact) mass is 374 g/mol. The number of nitrogens with zero attached hydrogens (tertiary/aromatic N) is 2. The van der Waals surface area contributed by atoms with Crippen LogP contribution in [-0.4, -0.2) is 26.7 Å². The van der Waals surface area contributed by atoms with Crippen molar-refractivity contribution in [1.29, 1.82) is 0 Å². The molecular weight excluding hydrogens is 360 g/mol. The van der Waals surface area contributed by atoms with E-state index in [1.54, 1.807) is 10.9 Å². The van der Waals surface area contributed by atoms with Gasteiger partial charge in [0.1, 0.15) is 5.57 Å². The molecule has 132 valence electrons. The van der Waals surface area contributed by atoms with Gasteiger partial charge in [-0.05, 0) is 30.4 Å². The molecule has 7 heteroatoms. The molecule has 4 rings (SSSR count). The van der Waals surface area contributed by atoms with Crippen LogP contribution in [0.1, 0.15) is 5.56 Å². The molecule has 0 bridgehead atoms. The molecule has 2 N–H and O–H groups in total. The fourth-order valence-electron chi connectivity index (χ4n) is 2.79. The zero-order valence-electron chi connectivity index (χ0n) is 14.0. The Morgan fingerprint density at radius 2 is 1.48 bits per heavy atom. The molecule has 3 aromatic rings. The second kappa shape index (κ2) is 6.97. The summed E-state index contributed by atoms with van der Waals surface area (Å²) in [6, 6.07) is 19.2. The zero-order chi connectivity index (χ0) is 18.8.